The first-order chi connectivity index (χ1) is 9.47. The molecular weight excluding hydrogens is 268 g/mol. The summed E-state index contributed by atoms with van der Waals surface area (Å²) in [6.45, 7) is 6.91. The van der Waals surface area contributed by atoms with Crippen LogP contribution in [0.15, 0.2) is 24.4 Å². The van der Waals surface area contributed by atoms with Crippen LogP contribution in [0.25, 0.3) is 0 Å². The number of rotatable bonds is 3. The quantitative estimate of drug-likeness (QED) is 0.852. The zero-order chi connectivity index (χ0) is 14.7. The van der Waals surface area contributed by atoms with Crippen molar-refractivity contribution in [1.29, 1.82) is 0 Å². The molecule has 106 valence electrons. The molecule has 2 N–H and O–H groups in total. The maximum Gasteiger partial charge on any atom is 0.171 e. The topological polar surface area (TPSA) is 41.9 Å². The van der Waals surface area contributed by atoms with Crippen molar-refractivity contribution in [2.24, 2.45) is 7.05 Å². The molecule has 1 aromatic heterocycles. The highest BCUT2D eigenvalue weighted by atomic mass is 32.1. The van der Waals surface area contributed by atoms with Gasteiger partial charge in [0.25, 0.3) is 0 Å². The van der Waals surface area contributed by atoms with Gasteiger partial charge in [0.1, 0.15) is 0 Å². The minimum absolute atomic E-state index is 0.622. The monoisotopic (exact) mass is 288 g/mol. The predicted octanol–water partition coefficient (Wildman–Crippen LogP) is 2.83. The minimum atomic E-state index is 0.622. The summed E-state index contributed by atoms with van der Waals surface area (Å²) in [7, 11) is 1.94. The second kappa shape index (κ2) is 6.05. The molecular formula is C15H20N4S. The lowest BCUT2D eigenvalue weighted by molar-refractivity contribution is 0.736. The van der Waals surface area contributed by atoms with E-state index in [1.54, 1.807) is 0 Å². The van der Waals surface area contributed by atoms with Gasteiger partial charge in [-0.3, -0.25) is 4.68 Å². The molecule has 4 nitrogen and oxygen atoms in total. The van der Waals surface area contributed by atoms with E-state index in [1.807, 2.05) is 30.9 Å². The highest BCUT2D eigenvalue weighted by Gasteiger charge is 2.04. The maximum absolute atomic E-state index is 5.31. The normalized spacial score (nSPS) is 10.4. The molecule has 0 spiro atoms. The zero-order valence-electron chi connectivity index (χ0n) is 12.3. The van der Waals surface area contributed by atoms with Gasteiger partial charge in [0.15, 0.2) is 5.11 Å². The van der Waals surface area contributed by atoms with Gasteiger partial charge < -0.3 is 10.6 Å². The van der Waals surface area contributed by atoms with E-state index in [-0.39, 0.29) is 0 Å². The van der Waals surface area contributed by atoms with Crippen molar-refractivity contribution < 1.29 is 0 Å². The van der Waals surface area contributed by atoms with Crippen LogP contribution in [0.2, 0.25) is 0 Å². The Morgan fingerprint density at radius 3 is 2.60 bits per heavy atom. The van der Waals surface area contributed by atoms with Crippen molar-refractivity contribution in [2.45, 2.75) is 27.3 Å². The Kier molecular flexibility index (Phi) is 4.39. The Bertz CT molecular complexity index is 631. The summed E-state index contributed by atoms with van der Waals surface area (Å²) < 4.78 is 1.86. The van der Waals surface area contributed by atoms with Gasteiger partial charge in [-0.1, -0.05) is 6.07 Å². The fourth-order valence-corrected chi connectivity index (χ4v) is 2.08. The number of hydrogen-bond acceptors (Lipinski definition) is 2. The van der Waals surface area contributed by atoms with Crippen LogP contribution in [-0.4, -0.2) is 14.9 Å². The van der Waals surface area contributed by atoms with Crippen LogP contribution in [0.4, 0.5) is 5.69 Å². The predicted molar refractivity (Wildman–Crippen MR) is 86.9 cm³/mol. The molecule has 1 heterocycles. The number of benzene rings is 1. The smallest absolute Gasteiger partial charge is 0.171 e. The van der Waals surface area contributed by atoms with E-state index in [0.29, 0.717) is 11.7 Å². The molecule has 2 aromatic rings. The average Bonchev–Trinajstić information content (AvgIpc) is 2.72. The van der Waals surface area contributed by atoms with Gasteiger partial charge in [0.05, 0.1) is 6.20 Å². The first-order valence-corrected chi connectivity index (χ1v) is 6.98. The number of aryl methyl sites for hydroxylation is 3. The lowest BCUT2D eigenvalue weighted by atomic mass is 10.1. The van der Waals surface area contributed by atoms with Crippen molar-refractivity contribution in [3.8, 4) is 0 Å². The molecule has 2 rings (SSSR count). The lowest BCUT2D eigenvalue weighted by Gasteiger charge is -2.11. The zero-order valence-corrected chi connectivity index (χ0v) is 13.1. The molecule has 0 aliphatic rings. The molecule has 0 atom stereocenters. The first-order valence-electron chi connectivity index (χ1n) is 6.57. The van der Waals surface area contributed by atoms with Crippen LogP contribution < -0.4 is 10.6 Å². The number of thiocarbonyl (C=S) groups is 1. The Morgan fingerprint density at radius 2 is 2.00 bits per heavy atom. The number of hydrogen-bond donors (Lipinski definition) is 2. The number of anilines is 1. The first kappa shape index (κ1) is 14.5. The second-order valence-corrected chi connectivity index (χ2v) is 5.39. The SMILES string of the molecule is Cc1ccc(NC(=S)NCc2cnn(C)c2C)cc1C. The van der Waals surface area contributed by atoms with Gasteiger partial charge in [-0.05, 0) is 56.2 Å². The second-order valence-electron chi connectivity index (χ2n) is 4.99. The summed E-state index contributed by atoms with van der Waals surface area (Å²) in [5.41, 5.74) is 5.83. The Balaban J connectivity index is 1.92. The minimum Gasteiger partial charge on any atom is -0.358 e. The molecule has 0 radical (unpaired) electrons. The van der Waals surface area contributed by atoms with E-state index in [4.69, 9.17) is 12.2 Å². The third-order valence-corrected chi connectivity index (χ3v) is 3.79. The summed E-state index contributed by atoms with van der Waals surface area (Å²) in [4.78, 5) is 0. The van der Waals surface area contributed by atoms with Gasteiger partial charge in [-0.15, -0.1) is 0 Å². The summed E-state index contributed by atoms with van der Waals surface area (Å²) in [5, 5.41) is 11.2. The Hall–Kier alpha value is -1.88. The largest absolute Gasteiger partial charge is 0.358 e. The van der Waals surface area contributed by atoms with Gasteiger partial charge in [0.2, 0.25) is 0 Å². The molecule has 0 unspecified atom stereocenters. The van der Waals surface area contributed by atoms with Crippen molar-refractivity contribution in [1.82, 2.24) is 15.1 Å². The molecule has 0 aliphatic carbocycles. The molecule has 0 aliphatic heterocycles. The van der Waals surface area contributed by atoms with Crippen LogP contribution in [0, 0.1) is 20.8 Å². The summed E-state index contributed by atoms with van der Waals surface area (Å²) in [6, 6.07) is 6.22. The van der Waals surface area contributed by atoms with Crippen molar-refractivity contribution in [3.63, 3.8) is 0 Å². The molecule has 0 saturated carbocycles. The van der Waals surface area contributed by atoms with Crippen molar-refractivity contribution >= 4 is 23.0 Å². The Morgan fingerprint density at radius 1 is 1.25 bits per heavy atom. The fourth-order valence-electron chi connectivity index (χ4n) is 1.89. The number of nitrogens with one attached hydrogen (secondary N) is 2. The Labute approximate surface area is 125 Å². The van der Waals surface area contributed by atoms with Crippen LogP contribution >= 0.6 is 12.2 Å². The van der Waals surface area contributed by atoms with E-state index in [9.17, 15) is 0 Å². The molecule has 5 heteroatoms. The van der Waals surface area contributed by atoms with Crippen LogP contribution in [0.3, 0.4) is 0 Å². The van der Waals surface area contributed by atoms with Crippen LogP contribution in [0.1, 0.15) is 22.4 Å². The molecule has 0 saturated heterocycles. The van der Waals surface area contributed by atoms with Gasteiger partial charge >= 0.3 is 0 Å². The van der Waals surface area contributed by atoms with E-state index in [1.165, 1.54) is 11.1 Å². The third-order valence-electron chi connectivity index (χ3n) is 3.54. The van der Waals surface area contributed by atoms with E-state index in [2.05, 4.69) is 41.7 Å². The van der Waals surface area contributed by atoms with Crippen LogP contribution in [-0.2, 0) is 13.6 Å². The molecule has 0 fully saturated rings. The standard InChI is InChI=1S/C15H20N4S/c1-10-5-6-14(7-11(10)2)18-15(20)16-8-13-9-17-19(4)12(13)3/h5-7,9H,8H2,1-4H3,(H2,16,18,20). The van der Waals surface area contributed by atoms with E-state index < -0.39 is 0 Å². The van der Waals surface area contributed by atoms with Crippen molar-refractivity contribution in [3.05, 3.63) is 46.8 Å². The highest BCUT2D eigenvalue weighted by molar-refractivity contribution is 7.80. The number of aromatic nitrogens is 2. The number of nitrogens with zero attached hydrogens (tertiary/aromatic N) is 2. The summed E-state index contributed by atoms with van der Waals surface area (Å²) in [6.07, 6.45) is 1.86. The molecule has 0 bridgehead atoms. The maximum atomic E-state index is 5.31. The van der Waals surface area contributed by atoms with E-state index in [0.717, 1.165) is 16.9 Å². The highest BCUT2D eigenvalue weighted by Crippen LogP contribution is 2.14. The van der Waals surface area contributed by atoms with Gasteiger partial charge in [0, 0.05) is 30.5 Å². The fraction of sp³-hybridized carbons (Fsp3) is 0.333. The molecule has 0 amide bonds. The average molecular weight is 288 g/mol. The summed E-state index contributed by atoms with van der Waals surface area (Å²) >= 11 is 5.31. The third kappa shape index (κ3) is 3.36. The van der Waals surface area contributed by atoms with Gasteiger partial charge in [-0.25, -0.2) is 0 Å². The van der Waals surface area contributed by atoms with Crippen molar-refractivity contribution in [2.75, 3.05) is 5.32 Å². The van der Waals surface area contributed by atoms with Crippen LogP contribution in [0.5, 0.6) is 0 Å². The molecule has 1 aromatic carbocycles. The van der Waals surface area contributed by atoms with E-state index >= 15 is 0 Å². The van der Waals surface area contributed by atoms with Gasteiger partial charge in [-0.2, -0.15) is 5.10 Å². The molecule has 20 heavy (non-hydrogen) atoms. The lowest BCUT2D eigenvalue weighted by Crippen LogP contribution is -2.28. The summed E-state index contributed by atoms with van der Waals surface area (Å²) in [5.74, 6) is 0.